The number of ether oxygens (including phenoxy) is 3. The van der Waals surface area contributed by atoms with Crippen molar-refractivity contribution in [2.24, 2.45) is 0 Å². The van der Waals surface area contributed by atoms with Crippen LogP contribution in [0.25, 0.3) is 16.9 Å². The molecule has 0 saturated carbocycles. The number of halogens is 1. The van der Waals surface area contributed by atoms with Crippen molar-refractivity contribution in [3.05, 3.63) is 64.9 Å². The smallest absolute Gasteiger partial charge is 0.276 e. The van der Waals surface area contributed by atoms with Crippen molar-refractivity contribution in [2.75, 3.05) is 26.6 Å². The highest BCUT2D eigenvalue weighted by atomic mass is 35.5. The number of nitrogens with one attached hydrogen (secondary N) is 1. The summed E-state index contributed by atoms with van der Waals surface area (Å²) in [4.78, 5) is 17.3. The van der Waals surface area contributed by atoms with Crippen molar-refractivity contribution in [3.8, 4) is 28.5 Å². The van der Waals surface area contributed by atoms with Crippen molar-refractivity contribution < 1.29 is 19.0 Å². The molecule has 0 unspecified atom stereocenters. The highest BCUT2D eigenvalue weighted by Crippen LogP contribution is 2.33. The van der Waals surface area contributed by atoms with Crippen LogP contribution in [0.4, 0.5) is 5.69 Å². The van der Waals surface area contributed by atoms with E-state index in [1.165, 1.54) is 7.11 Å². The van der Waals surface area contributed by atoms with Gasteiger partial charge in [0.15, 0.2) is 22.8 Å². The molecular weight excluding hydrogens is 432 g/mol. The second-order valence-corrected chi connectivity index (χ2v) is 7.36. The fourth-order valence-electron chi connectivity index (χ4n) is 3.34. The van der Waals surface area contributed by atoms with E-state index in [2.05, 4.69) is 15.4 Å². The first-order valence-electron chi connectivity index (χ1n) is 9.67. The van der Waals surface area contributed by atoms with E-state index in [1.807, 2.05) is 31.2 Å². The summed E-state index contributed by atoms with van der Waals surface area (Å²) in [5.74, 6) is 1.27. The molecule has 0 spiro atoms. The fourth-order valence-corrected chi connectivity index (χ4v) is 3.49. The number of methoxy groups -OCH3 is 3. The Hall–Kier alpha value is -3.78. The van der Waals surface area contributed by atoms with Gasteiger partial charge in [-0.05, 0) is 42.8 Å². The number of rotatable bonds is 6. The number of aromatic nitrogens is 3. The maximum atomic E-state index is 12.9. The minimum Gasteiger partial charge on any atom is -0.495 e. The summed E-state index contributed by atoms with van der Waals surface area (Å²) in [6, 6.07) is 12.4. The van der Waals surface area contributed by atoms with Gasteiger partial charge in [0.2, 0.25) is 0 Å². The van der Waals surface area contributed by atoms with Gasteiger partial charge in [0.1, 0.15) is 5.75 Å². The number of benzene rings is 2. The Morgan fingerprint density at radius 2 is 1.72 bits per heavy atom. The van der Waals surface area contributed by atoms with E-state index in [-0.39, 0.29) is 5.69 Å². The van der Waals surface area contributed by atoms with Crippen molar-refractivity contribution in [2.45, 2.75) is 6.92 Å². The SMILES string of the molecule is COc1cc(Cl)c(C)cc1NC(=O)c1cc2nccc(-c3ccc(OC)c(OC)c3)n2n1. The molecule has 0 bridgehead atoms. The second kappa shape index (κ2) is 8.76. The summed E-state index contributed by atoms with van der Waals surface area (Å²) in [7, 11) is 4.67. The van der Waals surface area contributed by atoms with Crippen LogP contribution in [0.2, 0.25) is 5.02 Å². The Morgan fingerprint density at radius 3 is 2.44 bits per heavy atom. The normalized spacial score (nSPS) is 10.8. The summed E-state index contributed by atoms with van der Waals surface area (Å²) in [5, 5.41) is 7.87. The number of nitrogens with zero attached hydrogens (tertiary/aromatic N) is 3. The first-order valence-corrected chi connectivity index (χ1v) is 10.1. The van der Waals surface area contributed by atoms with Gasteiger partial charge in [0.25, 0.3) is 5.91 Å². The topological polar surface area (TPSA) is 87.0 Å². The number of carbonyl (C=O) groups is 1. The lowest BCUT2D eigenvalue weighted by atomic mass is 10.1. The minimum absolute atomic E-state index is 0.208. The lowest BCUT2D eigenvalue weighted by Gasteiger charge is -2.11. The van der Waals surface area contributed by atoms with Gasteiger partial charge in [0, 0.05) is 28.9 Å². The largest absolute Gasteiger partial charge is 0.495 e. The average Bonchev–Trinajstić information content (AvgIpc) is 3.25. The number of amides is 1. The van der Waals surface area contributed by atoms with Gasteiger partial charge in [-0.15, -0.1) is 0 Å². The van der Waals surface area contributed by atoms with E-state index in [1.54, 1.807) is 43.1 Å². The third kappa shape index (κ3) is 3.92. The number of hydrogen-bond acceptors (Lipinski definition) is 6. The van der Waals surface area contributed by atoms with Gasteiger partial charge in [-0.3, -0.25) is 4.79 Å². The van der Waals surface area contributed by atoms with Crippen LogP contribution in [-0.4, -0.2) is 41.8 Å². The predicted octanol–water partition coefficient (Wildman–Crippen LogP) is 4.64. The minimum atomic E-state index is -0.395. The van der Waals surface area contributed by atoms with Crippen molar-refractivity contribution in [1.82, 2.24) is 14.6 Å². The molecule has 32 heavy (non-hydrogen) atoms. The molecule has 0 aliphatic heterocycles. The highest BCUT2D eigenvalue weighted by molar-refractivity contribution is 6.31. The van der Waals surface area contributed by atoms with Gasteiger partial charge >= 0.3 is 0 Å². The predicted molar refractivity (Wildman–Crippen MR) is 122 cm³/mol. The monoisotopic (exact) mass is 452 g/mol. The van der Waals surface area contributed by atoms with Gasteiger partial charge in [-0.1, -0.05) is 11.6 Å². The Bertz CT molecular complexity index is 1320. The molecule has 0 aliphatic rings. The molecule has 2 heterocycles. The van der Waals surface area contributed by atoms with E-state index >= 15 is 0 Å². The van der Waals surface area contributed by atoms with Crippen LogP contribution in [-0.2, 0) is 0 Å². The van der Waals surface area contributed by atoms with Crippen molar-refractivity contribution in [1.29, 1.82) is 0 Å². The Morgan fingerprint density at radius 1 is 0.969 bits per heavy atom. The van der Waals surface area contributed by atoms with Gasteiger partial charge < -0.3 is 19.5 Å². The Balaban J connectivity index is 1.71. The Labute approximate surface area is 189 Å². The zero-order chi connectivity index (χ0) is 22.8. The molecule has 1 amide bonds. The molecule has 4 aromatic rings. The first-order chi connectivity index (χ1) is 15.4. The van der Waals surface area contributed by atoms with Gasteiger partial charge in [-0.2, -0.15) is 5.10 Å². The molecule has 0 atom stereocenters. The van der Waals surface area contributed by atoms with Crippen LogP contribution < -0.4 is 19.5 Å². The zero-order valence-corrected chi connectivity index (χ0v) is 18.7. The quantitative estimate of drug-likeness (QED) is 0.458. The molecule has 164 valence electrons. The molecule has 0 radical (unpaired) electrons. The number of anilines is 1. The van der Waals surface area contributed by atoms with Gasteiger partial charge in [-0.25, -0.2) is 9.50 Å². The third-order valence-electron chi connectivity index (χ3n) is 5.00. The number of aryl methyl sites for hydroxylation is 1. The van der Waals surface area contributed by atoms with Crippen LogP contribution in [0, 0.1) is 6.92 Å². The average molecular weight is 453 g/mol. The molecule has 0 aliphatic carbocycles. The summed E-state index contributed by atoms with van der Waals surface area (Å²) >= 11 is 6.15. The molecular formula is C23H21ClN4O4. The summed E-state index contributed by atoms with van der Waals surface area (Å²) < 4.78 is 17.7. The van der Waals surface area contributed by atoms with E-state index in [0.717, 1.165) is 16.8 Å². The lowest BCUT2D eigenvalue weighted by molar-refractivity contribution is 0.102. The van der Waals surface area contributed by atoms with E-state index < -0.39 is 5.91 Å². The standard InChI is InChI=1S/C23H21ClN4O4/c1-13-9-16(20(31-3)11-15(13)24)26-23(29)17-12-22-25-8-7-18(28(22)27-17)14-5-6-19(30-2)21(10-14)32-4/h5-12H,1-4H3,(H,26,29). The van der Waals surface area contributed by atoms with Crippen molar-refractivity contribution >= 4 is 28.8 Å². The molecule has 2 aromatic heterocycles. The number of carbonyl (C=O) groups excluding carboxylic acids is 1. The molecule has 0 fully saturated rings. The maximum Gasteiger partial charge on any atom is 0.276 e. The van der Waals surface area contributed by atoms with E-state index in [9.17, 15) is 4.79 Å². The van der Waals surface area contributed by atoms with E-state index in [0.29, 0.717) is 33.6 Å². The summed E-state index contributed by atoms with van der Waals surface area (Å²) in [6.45, 7) is 1.85. The highest BCUT2D eigenvalue weighted by Gasteiger charge is 2.17. The summed E-state index contributed by atoms with van der Waals surface area (Å²) in [5.41, 5.74) is 3.64. The van der Waals surface area contributed by atoms with Crippen LogP contribution in [0.5, 0.6) is 17.2 Å². The van der Waals surface area contributed by atoms with Crippen LogP contribution >= 0.6 is 11.6 Å². The third-order valence-corrected chi connectivity index (χ3v) is 5.41. The van der Waals surface area contributed by atoms with Crippen LogP contribution in [0.1, 0.15) is 16.1 Å². The number of fused-ring (bicyclic) bond motifs is 1. The zero-order valence-electron chi connectivity index (χ0n) is 18.0. The second-order valence-electron chi connectivity index (χ2n) is 6.96. The number of hydrogen-bond donors (Lipinski definition) is 1. The molecule has 1 N–H and O–H groups in total. The molecule has 8 nitrogen and oxygen atoms in total. The van der Waals surface area contributed by atoms with Gasteiger partial charge in [0.05, 0.1) is 32.7 Å². The molecule has 2 aromatic carbocycles. The Kier molecular flexibility index (Phi) is 5.87. The van der Waals surface area contributed by atoms with E-state index in [4.69, 9.17) is 25.8 Å². The maximum absolute atomic E-state index is 12.9. The summed E-state index contributed by atoms with van der Waals surface area (Å²) in [6.07, 6.45) is 1.66. The molecule has 9 heteroatoms. The van der Waals surface area contributed by atoms with Crippen LogP contribution in [0.3, 0.4) is 0 Å². The lowest BCUT2D eigenvalue weighted by Crippen LogP contribution is -2.13. The first kappa shape index (κ1) is 21.5. The molecule has 4 rings (SSSR count). The molecule has 0 saturated heterocycles. The van der Waals surface area contributed by atoms with Crippen molar-refractivity contribution in [3.63, 3.8) is 0 Å². The fraction of sp³-hybridized carbons (Fsp3) is 0.174. The van der Waals surface area contributed by atoms with Crippen LogP contribution in [0.15, 0.2) is 48.7 Å².